The van der Waals surface area contributed by atoms with Crippen LogP contribution in [0, 0.1) is 0 Å². The first-order valence-electron chi connectivity index (χ1n) is 15.4. The van der Waals surface area contributed by atoms with Crippen molar-refractivity contribution in [3.8, 4) is 26.6 Å². The van der Waals surface area contributed by atoms with Gasteiger partial charge in [0.2, 0.25) is 0 Å². The molecular weight excluding hydrogens is 597 g/mol. The van der Waals surface area contributed by atoms with Crippen LogP contribution in [-0.4, -0.2) is 4.57 Å². The first kappa shape index (κ1) is 26.9. The summed E-state index contributed by atoms with van der Waals surface area (Å²) in [4.78, 5) is 4.97. The summed E-state index contributed by atoms with van der Waals surface area (Å²) < 4.78 is 3.72. The second kappa shape index (κ2) is 11.2. The molecule has 0 saturated heterocycles. The van der Waals surface area contributed by atoms with Crippen molar-refractivity contribution in [1.82, 2.24) is 4.57 Å². The largest absolute Gasteiger partial charge is 0.308 e. The van der Waals surface area contributed by atoms with E-state index in [1.165, 1.54) is 69.1 Å². The smallest absolute Gasteiger partial charge is 0.101 e. The summed E-state index contributed by atoms with van der Waals surface area (Å²) in [6.07, 6.45) is 0. The number of rotatable bonds is 6. The maximum atomic E-state index is 2.41. The van der Waals surface area contributed by atoms with Crippen LogP contribution in [0.1, 0.15) is 0 Å². The van der Waals surface area contributed by atoms with Gasteiger partial charge in [0.05, 0.1) is 21.4 Å². The summed E-state index contributed by atoms with van der Waals surface area (Å²) in [5.74, 6) is 0. The van der Waals surface area contributed by atoms with Crippen LogP contribution in [0.15, 0.2) is 170 Å². The van der Waals surface area contributed by atoms with Gasteiger partial charge in [-0.05, 0) is 71.1 Å². The number of thiophene rings is 2. The third-order valence-electron chi connectivity index (χ3n) is 8.65. The van der Waals surface area contributed by atoms with E-state index in [9.17, 15) is 0 Å². The standard InChI is InChI=1S/C42H28N2S2/c1-3-12-29(13-4-1)30-22-24-33(25-23-30)44(36-21-11-15-31-14-7-8-18-34(31)36)41-27-26-39(45-41)40-28-38-42(46-40)35-19-9-10-20-37(35)43(38)32-16-5-2-6-17-32/h1-28H. The molecule has 4 heteroatoms. The minimum Gasteiger partial charge on any atom is -0.308 e. The van der Waals surface area contributed by atoms with Gasteiger partial charge in [0, 0.05) is 31.9 Å². The highest BCUT2D eigenvalue weighted by molar-refractivity contribution is 7.27. The molecule has 0 fully saturated rings. The molecule has 0 N–H and O–H groups in total. The minimum absolute atomic E-state index is 1.14. The zero-order valence-electron chi connectivity index (χ0n) is 24.9. The molecule has 9 aromatic rings. The van der Waals surface area contributed by atoms with Crippen molar-refractivity contribution in [2.45, 2.75) is 0 Å². The van der Waals surface area contributed by atoms with Crippen LogP contribution in [0.4, 0.5) is 16.4 Å². The van der Waals surface area contributed by atoms with Crippen molar-refractivity contribution < 1.29 is 0 Å². The Labute approximate surface area is 275 Å². The van der Waals surface area contributed by atoms with Gasteiger partial charge < -0.3 is 9.47 Å². The molecule has 0 amide bonds. The molecule has 0 bridgehead atoms. The van der Waals surface area contributed by atoms with Gasteiger partial charge in [-0.2, -0.15) is 0 Å². The maximum Gasteiger partial charge on any atom is 0.101 e. The van der Waals surface area contributed by atoms with Crippen LogP contribution in [0.3, 0.4) is 0 Å². The Kier molecular flexibility index (Phi) is 6.55. The third-order valence-corrected chi connectivity index (χ3v) is 11.1. The molecule has 3 aromatic heterocycles. The van der Waals surface area contributed by atoms with Crippen LogP contribution >= 0.6 is 22.7 Å². The molecule has 218 valence electrons. The molecule has 0 aliphatic carbocycles. The normalized spacial score (nSPS) is 11.5. The molecule has 46 heavy (non-hydrogen) atoms. The Hall–Kier alpha value is -5.42. The number of hydrogen-bond acceptors (Lipinski definition) is 3. The fourth-order valence-corrected chi connectivity index (χ4v) is 8.81. The van der Waals surface area contributed by atoms with E-state index in [1.54, 1.807) is 0 Å². The molecule has 0 unspecified atom stereocenters. The topological polar surface area (TPSA) is 8.17 Å². The van der Waals surface area contributed by atoms with Gasteiger partial charge in [-0.3, -0.25) is 0 Å². The van der Waals surface area contributed by atoms with Crippen LogP contribution in [0.5, 0.6) is 0 Å². The fraction of sp³-hybridized carbons (Fsp3) is 0. The lowest BCUT2D eigenvalue weighted by Crippen LogP contribution is -2.08. The van der Waals surface area contributed by atoms with Crippen LogP contribution in [0.2, 0.25) is 0 Å². The Morgan fingerprint density at radius 1 is 0.457 bits per heavy atom. The van der Waals surface area contributed by atoms with Crippen LogP contribution in [-0.2, 0) is 0 Å². The van der Waals surface area contributed by atoms with Gasteiger partial charge >= 0.3 is 0 Å². The van der Waals surface area contributed by atoms with E-state index in [-0.39, 0.29) is 0 Å². The lowest BCUT2D eigenvalue weighted by molar-refractivity contribution is 1.18. The van der Waals surface area contributed by atoms with Gasteiger partial charge in [0.25, 0.3) is 0 Å². The highest BCUT2D eigenvalue weighted by Gasteiger charge is 2.20. The van der Waals surface area contributed by atoms with Crippen molar-refractivity contribution in [1.29, 1.82) is 0 Å². The van der Waals surface area contributed by atoms with Crippen molar-refractivity contribution in [2.75, 3.05) is 4.90 Å². The molecule has 0 aliphatic heterocycles. The molecular formula is C42H28N2S2. The zero-order chi connectivity index (χ0) is 30.5. The third kappa shape index (κ3) is 4.54. The average Bonchev–Trinajstić information content (AvgIpc) is 3.85. The monoisotopic (exact) mass is 624 g/mol. The quantitative estimate of drug-likeness (QED) is 0.179. The highest BCUT2D eigenvalue weighted by Crippen LogP contribution is 2.47. The van der Waals surface area contributed by atoms with E-state index in [2.05, 4.69) is 179 Å². The summed E-state index contributed by atoms with van der Waals surface area (Å²) in [6, 6.07) is 61.2. The molecule has 2 nitrogen and oxygen atoms in total. The fourth-order valence-electron chi connectivity index (χ4n) is 6.51. The Balaban J connectivity index is 1.18. The molecule has 0 radical (unpaired) electrons. The lowest BCUT2D eigenvalue weighted by Gasteiger charge is -2.25. The Morgan fingerprint density at radius 2 is 1.13 bits per heavy atom. The Morgan fingerprint density at radius 3 is 1.96 bits per heavy atom. The molecule has 9 rings (SSSR count). The highest BCUT2D eigenvalue weighted by atomic mass is 32.1. The molecule has 0 aliphatic rings. The summed E-state index contributed by atoms with van der Waals surface area (Å²) in [5, 5.41) is 4.95. The Bertz CT molecular complexity index is 2460. The second-order valence-electron chi connectivity index (χ2n) is 11.4. The van der Waals surface area contributed by atoms with E-state index in [0.717, 1.165) is 5.69 Å². The summed E-state index contributed by atoms with van der Waals surface area (Å²) in [6.45, 7) is 0. The molecule has 3 heterocycles. The molecule has 0 atom stereocenters. The molecule has 0 saturated carbocycles. The van der Waals surface area contributed by atoms with Crippen molar-refractivity contribution in [2.24, 2.45) is 0 Å². The molecule has 0 spiro atoms. The molecule has 6 aromatic carbocycles. The summed E-state index contributed by atoms with van der Waals surface area (Å²) >= 11 is 3.73. The minimum atomic E-state index is 1.14. The maximum absolute atomic E-state index is 2.41. The van der Waals surface area contributed by atoms with E-state index < -0.39 is 0 Å². The number of aromatic nitrogens is 1. The number of fused-ring (bicyclic) bond motifs is 4. The number of benzene rings is 6. The zero-order valence-corrected chi connectivity index (χ0v) is 26.5. The van der Waals surface area contributed by atoms with Crippen LogP contribution in [0.25, 0.3) is 58.5 Å². The van der Waals surface area contributed by atoms with Gasteiger partial charge in [-0.25, -0.2) is 0 Å². The van der Waals surface area contributed by atoms with Crippen molar-refractivity contribution in [3.63, 3.8) is 0 Å². The second-order valence-corrected chi connectivity index (χ2v) is 13.5. The van der Waals surface area contributed by atoms with Crippen molar-refractivity contribution in [3.05, 3.63) is 170 Å². The summed E-state index contributed by atoms with van der Waals surface area (Å²) in [7, 11) is 0. The lowest BCUT2D eigenvalue weighted by atomic mass is 10.0. The SMILES string of the molecule is c1ccc(-c2ccc(N(c3ccc(-c4cc5c(s4)c4ccccc4n5-c4ccccc4)s3)c3cccc4ccccc34)cc2)cc1. The number of hydrogen-bond donors (Lipinski definition) is 0. The van der Waals surface area contributed by atoms with Gasteiger partial charge in [-0.15, -0.1) is 22.7 Å². The van der Waals surface area contributed by atoms with E-state index in [1.807, 2.05) is 22.7 Å². The average molecular weight is 625 g/mol. The predicted octanol–water partition coefficient (Wildman–Crippen LogP) is 12.9. The predicted molar refractivity (Wildman–Crippen MR) is 200 cm³/mol. The van der Waals surface area contributed by atoms with Gasteiger partial charge in [-0.1, -0.05) is 115 Å². The number of para-hydroxylation sites is 2. The summed E-state index contributed by atoms with van der Waals surface area (Å²) in [5.41, 5.74) is 8.44. The van der Waals surface area contributed by atoms with Gasteiger partial charge in [0.1, 0.15) is 5.00 Å². The number of anilines is 3. The number of nitrogens with zero attached hydrogens (tertiary/aromatic N) is 2. The van der Waals surface area contributed by atoms with E-state index in [0.29, 0.717) is 0 Å². The van der Waals surface area contributed by atoms with Gasteiger partial charge in [0.15, 0.2) is 0 Å². The first-order chi connectivity index (χ1) is 22.8. The van der Waals surface area contributed by atoms with E-state index >= 15 is 0 Å². The first-order valence-corrected chi connectivity index (χ1v) is 17.1. The van der Waals surface area contributed by atoms with Crippen LogP contribution < -0.4 is 4.90 Å². The van der Waals surface area contributed by atoms with E-state index in [4.69, 9.17) is 0 Å². The van der Waals surface area contributed by atoms with Crippen molar-refractivity contribution >= 4 is 70.9 Å².